The van der Waals surface area contributed by atoms with E-state index in [2.05, 4.69) is 0 Å². The Hall–Kier alpha value is -3.77. The Morgan fingerprint density at radius 2 is 1.52 bits per heavy atom. The van der Waals surface area contributed by atoms with E-state index in [0.717, 1.165) is 49.4 Å². The van der Waals surface area contributed by atoms with E-state index in [-0.39, 0.29) is 0 Å². The lowest BCUT2D eigenvalue weighted by Gasteiger charge is -2.09. The van der Waals surface area contributed by atoms with Crippen LogP contribution in [0.2, 0.25) is 0 Å². The Bertz CT molecular complexity index is 1240. The minimum absolute atomic E-state index is 0.665. The second kappa shape index (κ2) is 8.93. The summed E-state index contributed by atoms with van der Waals surface area (Å²) >= 11 is 1.63. The molecule has 0 spiro atoms. The maximum atomic E-state index is 10.7. The lowest BCUT2D eigenvalue weighted by molar-refractivity contribution is -0.131. The van der Waals surface area contributed by atoms with E-state index < -0.39 is 5.97 Å². The van der Waals surface area contributed by atoms with E-state index in [1.165, 1.54) is 0 Å². The highest BCUT2D eigenvalue weighted by Crippen LogP contribution is 2.47. The summed E-state index contributed by atoms with van der Waals surface area (Å²) in [5, 5.41) is 9.78. The molecule has 1 N–H and O–H groups in total. The average Bonchev–Trinajstić information content (AvgIpc) is 3.16. The van der Waals surface area contributed by atoms with Crippen LogP contribution in [-0.4, -0.2) is 25.3 Å². The maximum absolute atomic E-state index is 10.7. The first-order chi connectivity index (χ1) is 15.1. The summed E-state index contributed by atoms with van der Waals surface area (Å²) in [6.07, 6.45) is 2.65. The van der Waals surface area contributed by atoms with Crippen LogP contribution in [0, 0.1) is 0 Å². The number of carboxylic acid groups (broad SMARTS) is 1. The molecule has 4 rings (SSSR count). The van der Waals surface area contributed by atoms with Crippen molar-refractivity contribution in [3.8, 4) is 33.4 Å². The van der Waals surface area contributed by atoms with Gasteiger partial charge in [-0.25, -0.2) is 4.79 Å². The predicted octanol–water partition coefficient (Wildman–Crippen LogP) is 6.48. The van der Waals surface area contributed by atoms with Crippen molar-refractivity contribution in [1.82, 2.24) is 0 Å². The molecule has 31 heavy (non-hydrogen) atoms. The number of benzene rings is 3. The monoisotopic (exact) mass is 432 g/mol. The Labute approximate surface area is 183 Å². The van der Waals surface area contributed by atoms with Crippen molar-refractivity contribution in [3.05, 3.63) is 78.4 Å². The minimum Gasteiger partial charge on any atom is -0.497 e. The summed E-state index contributed by atoms with van der Waals surface area (Å²) in [7, 11) is 3.29. The van der Waals surface area contributed by atoms with Crippen LogP contribution >= 0.6 is 11.3 Å². The topological polar surface area (TPSA) is 65.0 Å². The van der Waals surface area contributed by atoms with E-state index in [1.54, 1.807) is 31.6 Å². The normalized spacial score (nSPS) is 11.0. The number of carbonyl (C=O) groups is 1. The summed E-state index contributed by atoms with van der Waals surface area (Å²) in [6.45, 7) is 0. The fraction of sp³-hybridized carbons (Fsp3) is 0.0800. The van der Waals surface area contributed by atoms with Crippen molar-refractivity contribution in [2.45, 2.75) is 0 Å². The number of methoxy groups -OCH3 is 2. The third kappa shape index (κ3) is 4.54. The van der Waals surface area contributed by atoms with Gasteiger partial charge in [0.15, 0.2) is 5.75 Å². The quantitative estimate of drug-likeness (QED) is 0.339. The van der Waals surface area contributed by atoms with Crippen molar-refractivity contribution in [3.63, 3.8) is 0 Å². The molecule has 0 aliphatic rings. The number of thiophene rings is 1. The standard InChI is InChI=1S/C25H20O5S/c1-28-18-10-6-17(7-11-18)25-24(21-13-12-20(29-2)15-22(21)31-25)30-19-8-3-16(4-9-19)5-14-23(26)27/h3-15H,1-2H3,(H,26,27). The fourth-order valence-electron chi connectivity index (χ4n) is 3.15. The van der Waals surface area contributed by atoms with Gasteiger partial charge in [0.05, 0.1) is 19.1 Å². The molecule has 0 amide bonds. The van der Waals surface area contributed by atoms with Gasteiger partial charge in [-0.2, -0.15) is 0 Å². The molecule has 0 saturated heterocycles. The molecule has 0 aliphatic heterocycles. The predicted molar refractivity (Wildman–Crippen MR) is 124 cm³/mol. The molecule has 156 valence electrons. The van der Waals surface area contributed by atoms with Crippen LogP contribution in [0.1, 0.15) is 5.56 Å². The zero-order valence-electron chi connectivity index (χ0n) is 17.0. The molecule has 0 bridgehead atoms. The SMILES string of the molecule is COc1ccc(-c2sc3cc(OC)ccc3c2Oc2ccc(C=CC(=O)O)cc2)cc1. The van der Waals surface area contributed by atoms with Crippen molar-refractivity contribution in [2.75, 3.05) is 14.2 Å². The number of carboxylic acids is 1. The summed E-state index contributed by atoms with van der Waals surface area (Å²) in [4.78, 5) is 11.7. The highest BCUT2D eigenvalue weighted by atomic mass is 32.1. The van der Waals surface area contributed by atoms with E-state index in [1.807, 2.05) is 66.7 Å². The fourth-order valence-corrected chi connectivity index (χ4v) is 4.31. The summed E-state index contributed by atoms with van der Waals surface area (Å²) in [6, 6.07) is 21.1. The molecule has 0 radical (unpaired) electrons. The second-order valence-corrected chi connectivity index (χ2v) is 7.75. The number of hydrogen-bond donors (Lipinski definition) is 1. The van der Waals surface area contributed by atoms with Crippen molar-refractivity contribution >= 4 is 33.5 Å². The number of ether oxygens (including phenoxy) is 3. The van der Waals surface area contributed by atoms with Gasteiger partial charge in [-0.05, 0) is 71.8 Å². The van der Waals surface area contributed by atoms with Crippen LogP contribution in [0.5, 0.6) is 23.0 Å². The molecule has 0 fully saturated rings. The zero-order chi connectivity index (χ0) is 21.8. The van der Waals surface area contributed by atoms with Crippen molar-refractivity contribution in [1.29, 1.82) is 0 Å². The van der Waals surface area contributed by atoms with E-state index in [9.17, 15) is 4.79 Å². The Balaban J connectivity index is 1.75. The van der Waals surface area contributed by atoms with Crippen molar-refractivity contribution < 1.29 is 24.1 Å². The molecule has 6 heteroatoms. The Morgan fingerprint density at radius 3 is 2.16 bits per heavy atom. The van der Waals surface area contributed by atoms with Gasteiger partial charge in [-0.3, -0.25) is 0 Å². The Morgan fingerprint density at radius 1 is 0.871 bits per heavy atom. The first-order valence-corrected chi connectivity index (χ1v) is 10.3. The maximum Gasteiger partial charge on any atom is 0.328 e. The molecular formula is C25H20O5S. The van der Waals surface area contributed by atoms with Gasteiger partial charge >= 0.3 is 5.97 Å². The number of fused-ring (bicyclic) bond motifs is 1. The van der Waals surface area contributed by atoms with Crippen LogP contribution in [0.4, 0.5) is 0 Å². The van der Waals surface area contributed by atoms with Gasteiger partial charge in [-0.1, -0.05) is 12.1 Å². The first kappa shape index (κ1) is 20.5. The van der Waals surface area contributed by atoms with E-state index in [4.69, 9.17) is 19.3 Å². The van der Waals surface area contributed by atoms with Gasteiger partial charge in [0.25, 0.3) is 0 Å². The van der Waals surface area contributed by atoms with Crippen LogP contribution in [0.25, 0.3) is 26.6 Å². The van der Waals surface area contributed by atoms with Crippen LogP contribution in [-0.2, 0) is 4.79 Å². The highest BCUT2D eigenvalue weighted by molar-refractivity contribution is 7.22. The van der Waals surface area contributed by atoms with E-state index in [0.29, 0.717) is 5.75 Å². The Kier molecular flexibility index (Phi) is 5.91. The molecule has 0 atom stereocenters. The number of hydrogen-bond acceptors (Lipinski definition) is 5. The largest absolute Gasteiger partial charge is 0.497 e. The molecule has 0 saturated carbocycles. The molecule has 5 nitrogen and oxygen atoms in total. The second-order valence-electron chi connectivity index (χ2n) is 6.69. The average molecular weight is 432 g/mol. The third-order valence-electron chi connectivity index (χ3n) is 4.72. The van der Waals surface area contributed by atoms with Gasteiger partial charge in [-0.15, -0.1) is 11.3 Å². The molecule has 3 aromatic carbocycles. The van der Waals surface area contributed by atoms with Gasteiger partial charge in [0.2, 0.25) is 0 Å². The lowest BCUT2D eigenvalue weighted by atomic mass is 10.1. The number of rotatable bonds is 7. The van der Waals surface area contributed by atoms with Crippen LogP contribution in [0.15, 0.2) is 72.8 Å². The lowest BCUT2D eigenvalue weighted by Crippen LogP contribution is -1.88. The first-order valence-electron chi connectivity index (χ1n) is 9.51. The van der Waals surface area contributed by atoms with Crippen LogP contribution < -0.4 is 14.2 Å². The van der Waals surface area contributed by atoms with E-state index >= 15 is 0 Å². The van der Waals surface area contributed by atoms with Crippen LogP contribution in [0.3, 0.4) is 0 Å². The molecule has 0 unspecified atom stereocenters. The molecule has 0 aliphatic carbocycles. The molecule has 1 heterocycles. The zero-order valence-corrected chi connectivity index (χ0v) is 17.8. The molecule has 1 aromatic heterocycles. The number of aliphatic carboxylic acids is 1. The van der Waals surface area contributed by atoms with Gasteiger partial charge in [0, 0.05) is 16.2 Å². The van der Waals surface area contributed by atoms with Gasteiger partial charge < -0.3 is 19.3 Å². The highest BCUT2D eigenvalue weighted by Gasteiger charge is 2.17. The summed E-state index contributed by atoms with van der Waals surface area (Å²) in [5.41, 5.74) is 1.81. The molecule has 4 aromatic rings. The summed E-state index contributed by atoms with van der Waals surface area (Å²) in [5.74, 6) is 2.03. The molecular weight excluding hydrogens is 412 g/mol. The van der Waals surface area contributed by atoms with Gasteiger partial charge in [0.1, 0.15) is 17.2 Å². The smallest absolute Gasteiger partial charge is 0.328 e. The third-order valence-corrected chi connectivity index (χ3v) is 5.91. The minimum atomic E-state index is -0.982. The summed E-state index contributed by atoms with van der Waals surface area (Å²) < 4.78 is 18.0. The van der Waals surface area contributed by atoms with Crippen molar-refractivity contribution in [2.24, 2.45) is 0 Å².